The molecule has 0 atom stereocenters. The average Bonchev–Trinajstić information content (AvgIpc) is 2.34. The Morgan fingerprint density at radius 1 is 1.17 bits per heavy atom. The molecule has 0 aliphatic carbocycles. The lowest BCUT2D eigenvalue weighted by molar-refractivity contribution is 0.0689. The molecule has 2 rings (SSSR count). The third kappa shape index (κ3) is 2.63. The fourth-order valence-electron chi connectivity index (χ4n) is 1.52. The molecule has 1 heterocycles. The highest BCUT2D eigenvalue weighted by molar-refractivity contribution is 5.85. The van der Waals surface area contributed by atoms with E-state index in [1.807, 2.05) is 32.0 Å². The van der Waals surface area contributed by atoms with Crippen LogP contribution >= 0.6 is 0 Å². The van der Waals surface area contributed by atoms with Crippen LogP contribution < -0.4 is 5.32 Å². The van der Waals surface area contributed by atoms with Gasteiger partial charge in [-0.05, 0) is 43.2 Å². The van der Waals surface area contributed by atoms with Gasteiger partial charge in [-0.3, -0.25) is 0 Å². The largest absolute Gasteiger partial charge is 0.476 e. The third-order valence-corrected chi connectivity index (χ3v) is 2.54. The Labute approximate surface area is 104 Å². The SMILES string of the molecule is Cc1ccc(C)c(Nc2ccc(C(=O)O)nn2)c1. The van der Waals surface area contributed by atoms with Crippen molar-refractivity contribution in [3.8, 4) is 0 Å². The molecule has 1 aromatic heterocycles. The maximum Gasteiger partial charge on any atom is 0.356 e. The van der Waals surface area contributed by atoms with Crippen molar-refractivity contribution in [1.29, 1.82) is 0 Å². The topological polar surface area (TPSA) is 75.1 Å². The van der Waals surface area contributed by atoms with E-state index in [1.165, 1.54) is 6.07 Å². The average molecular weight is 243 g/mol. The van der Waals surface area contributed by atoms with Gasteiger partial charge in [0, 0.05) is 5.69 Å². The van der Waals surface area contributed by atoms with E-state index in [4.69, 9.17) is 5.11 Å². The number of hydrogen-bond acceptors (Lipinski definition) is 4. The van der Waals surface area contributed by atoms with E-state index in [1.54, 1.807) is 6.07 Å². The molecule has 0 saturated heterocycles. The van der Waals surface area contributed by atoms with Crippen molar-refractivity contribution >= 4 is 17.5 Å². The van der Waals surface area contributed by atoms with Crippen molar-refractivity contribution in [3.63, 3.8) is 0 Å². The van der Waals surface area contributed by atoms with Gasteiger partial charge >= 0.3 is 5.97 Å². The van der Waals surface area contributed by atoms with Crippen LogP contribution in [-0.4, -0.2) is 21.3 Å². The van der Waals surface area contributed by atoms with Crippen LogP contribution in [0.4, 0.5) is 11.5 Å². The summed E-state index contributed by atoms with van der Waals surface area (Å²) in [5.41, 5.74) is 3.09. The molecule has 0 bridgehead atoms. The predicted octanol–water partition coefficient (Wildman–Crippen LogP) is 2.54. The van der Waals surface area contributed by atoms with Crippen LogP contribution in [0.25, 0.3) is 0 Å². The summed E-state index contributed by atoms with van der Waals surface area (Å²) in [5, 5.41) is 19.3. The summed E-state index contributed by atoms with van der Waals surface area (Å²) in [7, 11) is 0. The summed E-state index contributed by atoms with van der Waals surface area (Å²) in [6.07, 6.45) is 0. The molecule has 1 aromatic carbocycles. The first-order valence-electron chi connectivity index (χ1n) is 5.47. The summed E-state index contributed by atoms with van der Waals surface area (Å²) >= 11 is 0. The molecule has 5 nitrogen and oxygen atoms in total. The highest BCUT2D eigenvalue weighted by Crippen LogP contribution is 2.20. The highest BCUT2D eigenvalue weighted by atomic mass is 16.4. The summed E-state index contributed by atoms with van der Waals surface area (Å²) < 4.78 is 0. The van der Waals surface area contributed by atoms with Crippen molar-refractivity contribution in [1.82, 2.24) is 10.2 Å². The number of carbonyl (C=O) groups is 1. The number of nitrogens with one attached hydrogen (secondary N) is 1. The number of hydrogen-bond donors (Lipinski definition) is 2. The second-order valence-corrected chi connectivity index (χ2v) is 4.05. The number of aryl methyl sites for hydroxylation is 2. The number of carboxylic acids is 1. The van der Waals surface area contributed by atoms with Crippen LogP contribution in [0.15, 0.2) is 30.3 Å². The fourth-order valence-corrected chi connectivity index (χ4v) is 1.52. The van der Waals surface area contributed by atoms with Gasteiger partial charge in [0.15, 0.2) is 11.5 Å². The third-order valence-electron chi connectivity index (χ3n) is 2.54. The maximum absolute atomic E-state index is 10.6. The molecular formula is C13H13N3O2. The Morgan fingerprint density at radius 3 is 2.56 bits per heavy atom. The van der Waals surface area contributed by atoms with E-state index >= 15 is 0 Å². The van der Waals surface area contributed by atoms with Gasteiger partial charge in [0.2, 0.25) is 0 Å². The molecule has 0 fully saturated rings. The molecule has 0 aliphatic rings. The van der Waals surface area contributed by atoms with Crippen molar-refractivity contribution in [2.75, 3.05) is 5.32 Å². The molecule has 2 aromatic rings. The first kappa shape index (κ1) is 12.0. The van der Waals surface area contributed by atoms with E-state index in [-0.39, 0.29) is 5.69 Å². The maximum atomic E-state index is 10.6. The van der Waals surface area contributed by atoms with Gasteiger partial charge in [0.05, 0.1) is 0 Å². The Morgan fingerprint density at radius 2 is 1.94 bits per heavy atom. The van der Waals surface area contributed by atoms with Gasteiger partial charge in [-0.25, -0.2) is 4.79 Å². The number of benzene rings is 1. The first-order valence-corrected chi connectivity index (χ1v) is 5.47. The van der Waals surface area contributed by atoms with E-state index in [0.29, 0.717) is 5.82 Å². The van der Waals surface area contributed by atoms with Gasteiger partial charge < -0.3 is 10.4 Å². The lowest BCUT2D eigenvalue weighted by atomic mass is 10.1. The smallest absolute Gasteiger partial charge is 0.356 e. The van der Waals surface area contributed by atoms with Gasteiger partial charge in [0.25, 0.3) is 0 Å². The molecule has 0 aliphatic heterocycles. The lowest BCUT2D eigenvalue weighted by Crippen LogP contribution is -2.04. The minimum atomic E-state index is -1.08. The van der Waals surface area contributed by atoms with Crippen molar-refractivity contribution < 1.29 is 9.90 Å². The van der Waals surface area contributed by atoms with Gasteiger partial charge in [-0.15, -0.1) is 10.2 Å². The van der Waals surface area contributed by atoms with Crippen LogP contribution in [0.2, 0.25) is 0 Å². The number of carboxylic acid groups (broad SMARTS) is 1. The Kier molecular flexibility index (Phi) is 3.23. The zero-order chi connectivity index (χ0) is 13.1. The molecule has 0 saturated carbocycles. The molecule has 0 spiro atoms. The van der Waals surface area contributed by atoms with Gasteiger partial charge in [-0.2, -0.15) is 0 Å². The quantitative estimate of drug-likeness (QED) is 0.866. The van der Waals surface area contributed by atoms with Gasteiger partial charge in [-0.1, -0.05) is 12.1 Å². The monoisotopic (exact) mass is 243 g/mol. The minimum Gasteiger partial charge on any atom is -0.476 e. The van der Waals surface area contributed by atoms with Crippen LogP contribution in [0.1, 0.15) is 21.6 Å². The molecule has 5 heteroatoms. The molecule has 18 heavy (non-hydrogen) atoms. The molecule has 0 radical (unpaired) electrons. The summed E-state index contributed by atoms with van der Waals surface area (Å²) in [5.74, 6) is -0.561. The predicted molar refractivity (Wildman–Crippen MR) is 68.2 cm³/mol. The van der Waals surface area contributed by atoms with Crippen molar-refractivity contribution in [3.05, 3.63) is 47.2 Å². The number of aromatic nitrogens is 2. The summed E-state index contributed by atoms with van der Waals surface area (Å²) in [6.45, 7) is 3.99. The Bertz CT molecular complexity index is 579. The summed E-state index contributed by atoms with van der Waals surface area (Å²) in [4.78, 5) is 10.6. The van der Waals surface area contributed by atoms with E-state index in [9.17, 15) is 4.79 Å². The van der Waals surface area contributed by atoms with E-state index < -0.39 is 5.97 Å². The lowest BCUT2D eigenvalue weighted by Gasteiger charge is -2.09. The van der Waals surface area contributed by atoms with E-state index in [2.05, 4.69) is 15.5 Å². The number of anilines is 2. The first-order chi connectivity index (χ1) is 8.56. The molecule has 92 valence electrons. The normalized spacial score (nSPS) is 10.1. The highest BCUT2D eigenvalue weighted by Gasteiger charge is 2.06. The van der Waals surface area contributed by atoms with Crippen LogP contribution in [0.3, 0.4) is 0 Å². The number of aromatic carboxylic acids is 1. The molecule has 0 amide bonds. The second-order valence-electron chi connectivity index (χ2n) is 4.05. The standard InChI is InChI=1S/C13H13N3O2/c1-8-3-4-9(2)11(7-8)14-12-6-5-10(13(17)18)15-16-12/h3-7H,1-2H3,(H,14,16)(H,17,18). The zero-order valence-corrected chi connectivity index (χ0v) is 10.1. The fraction of sp³-hybridized carbons (Fsp3) is 0.154. The number of rotatable bonds is 3. The number of nitrogens with zero attached hydrogens (tertiary/aromatic N) is 2. The molecule has 2 N–H and O–H groups in total. The van der Waals surface area contributed by atoms with Crippen molar-refractivity contribution in [2.45, 2.75) is 13.8 Å². The van der Waals surface area contributed by atoms with Crippen LogP contribution in [0, 0.1) is 13.8 Å². The summed E-state index contributed by atoms with van der Waals surface area (Å²) in [6, 6.07) is 9.06. The second kappa shape index (κ2) is 4.83. The Hall–Kier alpha value is -2.43. The van der Waals surface area contributed by atoms with Crippen LogP contribution in [0.5, 0.6) is 0 Å². The minimum absolute atomic E-state index is 0.0680. The van der Waals surface area contributed by atoms with Crippen LogP contribution in [-0.2, 0) is 0 Å². The van der Waals surface area contributed by atoms with E-state index in [0.717, 1.165) is 16.8 Å². The van der Waals surface area contributed by atoms with Gasteiger partial charge in [0.1, 0.15) is 0 Å². The Balaban J connectivity index is 2.23. The molecule has 0 unspecified atom stereocenters. The van der Waals surface area contributed by atoms with Crippen molar-refractivity contribution in [2.24, 2.45) is 0 Å². The zero-order valence-electron chi connectivity index (χ0n) is 10.1. The molecular weight excluding hydrogens is 230 g/mol.